The van der Waals surface area contributed by atoms with Crippen molar-refractivity contribution in [2.75, 3.05) is 27.2 Å². The minimum absolute atomic E-state index is 0.0683. The highest BCUT2D eigenvalue weighted by atomic mass is 32.2. The van der Waals surface area contributed by atoms with Gasteiger partial charge in [0.2, 0.25) is 5.91 Å². The van der Waals surface area contributed by atoms with Crippen LogP contribution in [-0.4, -0.2) is 50.1 Å². The molecule has 1 amide bonds. The van der Waals surface area contributed by atoms with Gasteiger partial charge in [-0.05, 0) is 24.3 Å². The van der Waals surface area contributed by atoms with Crippen LogP contribution in [0.4, 0.5) is 0 Å². The predicted molar refractivity (Wildman–Crippen MR) is 99.1 cm³/mol. The van der Waals surface area contributed by atoms with Gasteiger partial charge in [0.15, 0.2) is 0 Å². The number of hydrogen-bond acceptors (Lipinski definition) is 3. The van der Waals surface area contributed by atoms with Gasteiger partial charge in [-0.1, -0.05) is 44.2 Å². The molecule has 1 heterocycles. The summed E-state index contributed by atoms with van der Waals surface area (Å²) in [6.07, 6.45) is 1.41. The Bertz CT molecular complexity index is 674. The number of carbonyl (C=O) groups excluding carboxylic acids is 1. The third-order valence-corrected chi connectivity index (χ3v) is 6.57. The lowest BCUT2D eigenvalue weighted by molar-refractivity contribution is -0.127. The van der Waals surface area contributed by atoms with E-state index < -0.39 is 10.2 Å². The van der Waals surface area contributed by atoms with E-state index in [2.05, 4.69) is 19.2 Å². The van der Waals surface area contributed by atoms with Gasteiger partial charge in [0, 0.05) is 27.2 Å². The molecule has 1 aromatic carbocycles. The van der Waals surface area contributed by atoms with Crippen molar-refractivity contribution in [3.05, 3.63) is 35.9 Å². The van der Waals surface area contributed by atoms with Crippen LogP contribution in [0.3, 0.4) is 0 Å². The Hall–Kier alpha value is -1.44. The van der Waals surface area contributed by atoms with Crippen molar-refractivity contribution in [3.8, 4) is 0 Å². The first-order valence-corrected chi connectivity index (χ1v) is 10.2. The quantitative estimate of drug-likeness (QED) is 0.836. The monoisotopic (exact) mass is 367 g/mol. The normalized spacial score (nSPS) is 20.6. The zero-order chi connectivity index (χ0) is 18.6. The molecule has 1 fully saturated rings. The maximum absolute atomic E-state index is 12.8. The van der Waals surface area contributed by atoms with E-state index in [-0.39, 0.29) is 30.3 Å². The van der Waals surface area contributed by atoms with E-state index in [1.54, 1.807) is 0 Å². The average molecular weight is 368 g/mol. The molecule has 0 unspecified atom stereocenters. The van der Waals surface area contributed by atoms with Gasteiger partial charge in [-0.2, -0.15) is 17.0 Å². The van der Waals surface area contributed by atoms with Gasteiger partial charge >= 0.3 is 0 Å². The Balaban J connectivity index is 2.09. The van der Waals surface area contributed by atoms with E-state index in [0.29, 0.717) is 19.4 Å². The second-order valence-corrected chi connectivity index (χ2v) is 9.27. The van der Waals surface area contributed by atoms with Crippen LogP contribution in [0.25, 0.3) is 0 Å². The standard InChI is InChI=1S/C18H29N3O3S/c1-14(2)17(15-9-6-5-7-10-15)19-18(22)16-11-8-12-21(13-16)25(23,24)20(3)4/h5-7,9-10,14,16-17H,8,11-13H2,1-4H3,(H,19,22)/t16-,17+/m1/s1. The highest BCUT2D eigenvalue weighted by Crippen LogP contribution is 2.25. The van der Waals surface area contributed by atoms with Crippen molar-refractivity contribution in [1.29, 1.82) is 0 Å². The van der Waals surface area contributed by atoms with Gasteiger partial charge < -0.3 is 5.32 Å². The second-order valence-electron chi connectivity index (χ2n) is 7.13. The van der Waals surface area contributed by atoms with Crippen LogP contribution in [0.1, 0.15) is 38.3 Å². The molecule has 1 aromatic rings. The molecule has 0 spiro atoms. The fraction of sp³-hybridized carbons (Fsp3) is 0.611. The number of hydrogen-bond donors (Lipinski definition) is 1. The number of benzene rings is 1. The van der Waals surface area contributed by atoms with E-state index in [4.69, 9.17) is 0 Å². The van der Waals surface area contributed by atoms with E-state index in [1.807, 2.05) is 30.3 Å². The molecular weight excluding hydrogens is 338 g/mol. The van der Waals surface area contributed by atoms with Crippen LogP contribution in [0.2, 0.25) is 0 Å². The third-order valence-electron chi connectivity index (χ3n) is 4.67. The molecular formula is C18H29N3O3S. The molecule has 6 nitrogen and oxygen atoms in total. The summed E-state index contributed by atoms with van der Waals surface area (Å²) < 4.78 is 27.3. The summed E-state index contributed by atoms with van der Waals surface area (Å²) in [7, 11) is -0.443. The van der Waals surface area contributed by atoms with Crippen LogP contribution in [0.15, 0.2) is 30.3 Å². The average Bonchev–Trinajstić information content (AvgIpc) is 2.59. The van der Waals surface area contributed by atoms with Crippen molar-refractivity contribution in [3.63, 3.8) is 0 Å². The second kappa shape index (κ2) is 8.29. The predicted octanol–water partition coefficient (Wildman–Crippen LogP) is 2.02. The molecule has 25 heavy (non-hydrogen) atoms. The molecule has 0 bridgehead atoms. The van der Waals surface area contributed by atoms with Crippen LogP contribution in [0, 0.1) is 11.8 Å². The maximum Gasteiger partial charge on any atom is 0.281 e. The summed E-state index contributed by atoms with van der Waals surface area (Å²) in [6, 6.07) is 9.82. The number of nitrogens with one attached hydrogen (secondary N) is 1. The number of piperidine rings is 1. The SMILES string of the molecule is CC(C)[C@H](NC(=O)[C@@H]1CCCN(S(=O)(=O)N(C)C)C1)c1ccccc1. The van der Waals surface area contributed by atoms with Gasteiger partial charge in [-0.25, -0.2) is 0 Å². The van der Waals surface area contributed by atoms with E-state index in [9.17, 15) is 13.2 Å². The number of nitrogens with zero attached hydrogens (tertiary/aromatic N) is 2. The largest absolute Gasteiger partial charge is 0.349 e. The number of rotatable bonds is 6. The number of carbonyl (C=O) groups is 1. The van der Waals surface area contributed by atoms with Gasteiger partial charge in [-0.15, -0.1) is 0 Å². The number of amides is 1. The minimum Gasteiger partial charge on any atom is -0.349 e. The molecule has 0 radical (unpaired) electrons. The van der Waals surface area contributed by atoms with Crippen molar-refractivity contribution in [2.45, 2.75) is 32.7 Å². The Morgan fingerprint density at radius 3 is 2.44 bits per heavy atom. The Kier molecular flexibility index (Phi) is 6.59. The van der Waals surface area contributed by atoms with E-state index in [0.717, 1.165) is 5.56 Å². The molecule has 2 atom stereocenters. The van der Waals surface area contributed by atoms with Crippen LogP contribution in [-0.2, 0) is 15.0 Å². The summed E-state index contributed by atoms with van der Waals surface area (Å²) in [6.45, 7) is 4.85. The first-order chi connectivity index (χ1) is 11.7. The molecule has 2 rings (SSSR count). The van der Waals surface area contributed by atoms with Gasteiger partial charge in [0.1, 0.15) is 0 Å². The Morgan fingerprint density at radius 2 is 1.88 bits per heavy atom. The first-order valence-electron chi connectivity index (χ1n) is 8.76. The van der Waals surface area contributed by atoms with Gasteiger partial charge in [0.25, 0.3) is 10.2 Å². The van der Waals surface area contributed by atoms with Crippen LogP contribution < -0.4 is 5.32 Å². The summed E-state index contributed by atoms with van der Waals surface area (Å²) in [4.78, 5) is 12.8. The lowest BCUT2D eigenvalue weighted by atomic mass is 9.93. The first kappa shape index (κ1) is 19.9. The van der Waals surface area contributed by atoms with Crippen molar-refractivity contribution in [1.82, 2.24) is 13.9 Å². The molecule has 1 aliphatic heterocycles. The highest BCUT2D eigenvalue weighted by Gasteiger charge is 2.34. The van der Waals surface area contributed by atoms with Crippen molar-refractivity contribution >= 4 is 16.1 Å². The maximum atomic E-state index is 12.8. The smallest absolute Gasteiger partial charge is 0.281 e. The summed E-state index contributed by atoms with van der Waals surface area (Å²) >= 11 is 0. The highest BCUT2D eigenvalue weighted by molar-refractivity contribution is 7.86. The minimum atomic E-state index is -3.48. The zero-order valence-electron chi connectivity index (χ0n) is 15.5. The zero-order valence-corrected chi connectivity index (χ0v) is 16.3. The molecule has 0 saturated carbocycles. The van der Waals surface area contributed by atoms with Crippen LogP contribution in [0.5, 0.6) is 0 Å². The summed E-state index contributed by atoms with van der Waals surface area (Å²) in [5, 5.41) is 3.13. The Labute approximate surface area is 151 Å². The lowest BCUT2D eigenvalue weighted by Crippen LogP contribution is -2.49. The molecule has 0 aromatic heterocycles. The molecule has 1 saturated heterocycles. The van der Waals surface area contributed by atoms with Crippen molar-refractivity contribution < 1.29 is 13.2 Å². The third kappa shape index (κ3) is 4.80. The van der Waals surface area contributed by atoms with E-state index in [1.165, 1.54) is 22.7 Å². The summed E-state index contributed by atoms with van der Waals surface area (Å²) in [5.74, 6) is -0.133. The fourth-order valence-corrected chi connectivity index (χ4v) is 4.35. The van der Waals surface area contributed by atoms with Gasteiger partial charge in [-0.3, -0.25) is 4.79 Å². The topological polar surface area (TPSA) is 69.7 Å². The molecule has 0 aliphatic carbocycles. The lowest BCUT2D eigenvalue weighted by Gasteiger charge is -2.34. The van der Waals surface area contributed by atoms with Crippen molar-refractivity contribution in [2.24, 2.45) is 11.8 Å². The molecule has 7 heteroatoms. The van der Waals surface area contributed by atoms with Gasteiger partial charge in [0.05, 0.1) is 12.0 Å². The molecule has 1 N–H and O–H groups in total. The fourth-order valence-electron chi connectivity index (χ4n) is 3.16. The van der Waals surface area contributed by atoms with Crippen LogP contribution >= 0.6 is 0 Å². The molecule has 140 valence electrons. The van der Waals surface area contributed by atoms with E-state index >= 15 is 0 Å². The molecule has 1 aliphatic rings. The summed E-state index contributed by atoms with van der Waals surface area (Å²) in [5.41, 5.74) is 1.07. The Morgan fingerprint density at radius 1 is 1.24 bits per heavy atom.